The average molecular weight is 276 g/mol. The second kappa shape index (κ2) is 7.65. The lowest BCUT2D eigenvalue weighted by atomic mass is 10.1. The van der Waals surface area contributed by atoms with Crippen LogP contribution in [0, 0.1) is 5.92 Å². The van der Waals surface area contributed by atoms with Gasteiger partial charge in [0.15, 0.2) is 0 Å². The second-order valence-electron chi connectivity index (χ2n) is 6.20. The monoisotopic (exact) mass is 276 g/mol. The van der Waals surface area contributed by atoms with E-state index in [0.29, 0.717) is 6.10 Å². The van der Waals surface area contributed by atoms with Crippen molar-refractivity contribution in [3.8, 4) is 5.75 Å². The fourth-order valence-electron chi connectivity index (χ4n) is 2.55. The molecule has 112 valence electrons. The first kappa shape index (κ1) is 15.3. The van der Waals surface area contributed by atoms with Gasteiger partial charge >= 0.3 is 0 Å². The van der Waals surface area contributed by atoms with Crippen molar-refractivity contribution in [2.75, 3.05) is 19.6 Å². The number of rotatable bonds is 8. The normalized spacial score (nSPS) is 17.3. The van der Waals surface area contributed by atoms with E-state index in [-0.39, 0.29) is 0 Å². The van der Waals surface area contributed by atoms with Crippen LogP contribution >= 0.6 is 0 Å². The Balaban J connectivity index is 1.62. The Morgan fingerprint density at radius 3 is 2.85 bits per heavy atom. The first-order valence-corrected chi connectivity index (χ1v) is 7.85. The molecule has 20 heavy (non-hydrogen) atoms. The Hall–Kier alpha value is -1.06. The average Bonchev–Trinajstić information content (AvgIpc) is 2.76. The van der Waals surface area contributed by atoms with Gasteiger partial charge in [0.05, 0.1) is 0 Å². The van der Waals surface area contributed by atoms with Crippen LogP contribution in [-0.2, 0) is 13.0 Å². The number of nitrogens with one attached hydrogen (secondary N) is 2. The van der Waals surface area contributed by atoms with E-state index in [0.717, 1.165) is 44.3 Å². The molecule has 3 nitrogen and oxygen atoms in total. The third-order valence-electron chi connectivity index (χ3n) is 3.55. The Kier molecular flexibility index (Phi) is 5.86. The van der Waals surface area contributed by atoms with Crippen LogP contribution in [0.1, 0.15) is 38.3 Å². The van der Waals surface area contributed by atoms with E-state index in [1.165, 1.54) is 17.5 Å². The Morgan fingerprint density at radius 2 is 2.05 bits per heavy atom. The molecule has 2 N–H and O–H groups in total. The van der Waals surface area contributed by atoms with Crippen molar-refractivity contribution in [3.05, 3.63) is 29.3 Å². The summed E-state index contributed by atoms with van der Waals surface area (Å²) in [7, 11) is 0. The van der Waals surface area contributed by atoms with Crippen molar-refractivity contribution >= 4 is 0 Å². The summed E-state index contributed by atoms with van der Waals surface area (Å²) in [4.78, 5) is 0. The Bertz CT molecular complexity index is 417. The molecule has 1 aromatic carbocycles. The van der Waals surface area contributed by atoms with Crippen LogP contribution < -0.4 is 15.4 Å². The number of hydrogen-bond acceptors (Lipinski definition) is 3. The van der Waals surface area contributed by atoms with Gasteiger partial charge < -0.3 is 15.4 Å². The van der Waals surface area contributed by atoms with E-state index in [1.54, 1.807) is 0 Å². The van der Waals surface area contributed by atoms with Crippen molar-refractivity contribution < 1.29 is 4.74 Å². The lowest BCUT2D eigenvalue weighted by Gasteiger charge is -2.09. The first-order chi connectivity index (χ1) is 9.65. The summed E-state index contributed by atoms with van der Waals surface area (Å²) < 4.78 is 5.72. The van der Waals surface area contributed by atoms with Crippen LogP contribution in [0.3, 0.4) is 0 Å². The highest BCUT2D eigenvalue weighted by Gasteiger charge is 2.18. The minimum absolute atomic E-state index is 0.334. The standard InChI is InChI=1S/C17H28N2O/c1-13(2)11-18-7-4-8-19-12-15-5-6-17-16(10-15)9-14(3)20-17/h5-6,10,13-14,18-19H,4,7-9,11-12H2,1-3H3. The van der Waals surface area contributed by atoms with Gasteiger partial charge in [-0.15, -0.1) is 0 Å². The molecular formula is C17H28N2O. The quantitative estimate of drug-likeness (QED) is 0.716. The summed E-state index contributed by atoms with van der Waals surface area (Å²) in [6.07, 6.45) is 2.56. The Labute approximate surface area is 123 Å². The molecule has 0 aliphatic carbocycles. The van der Waals surface area contributed by atoms with Crippen LogP contribution in [0.4, 0.5) is 0 Å². The maximum atomic E-state index is 5.72. The molecule has 0 saturated heterocycles. The largest absolute Gasteiger partial charge is 0.490 e. The molecule has 1 aromatic rings. The molecule has 0 fully saturated rings. The number of ether oxygens (including phenoxy) is 1. The molecule has 1 heterocycles. The first-order valence-electron chi connectivity index (χ1n) is 7.85. The van der Waals surface area contributed by atoms with Crippen molar-refractivity contribution in [2.24, 2.45) is 5.92 Å². The molecule has 0 saturated carbocycles. The van der Waals surface area contributed by atoms with E-state index in [1.807, 2.05) is 0 Å². The zero-order valence-electron chi connectivity index (χ0n) is 13.0. The predicted octanol–water partition coefficient (Wildman–Crippen LogP) is 2.74. The lowest BCUT2D eigenvalue weighted by Crippen LogP contribution is -2.24. The van der Waals surface area contributed by atoms with Gasteiger partial charge in [0.1, 0.15) is 11.9 Å². The highest BCUT2D eigenvalue weighted by molar-refractivity contribution is 5.40. The summed E-state index contributed by atoms with van der Waals surface area (Å²) in [5, 5.41) is 6.98. The van der Waals surface area contributed by atoms with E-state index in [9.17, 15) is 0 Å². The van der Waals surface area contributed by atoms with E-state index < -0.39 is 0 Å². The molecule has 1 atom stereocenters. The Morgan fingerprint density at radius 1 is 1.25 bits per heavy atom. The molecule has 3 heteroatoms. The van der Waals surface area contributed by atoms with Crippen LogP contribution in [0.25, 0.3) is 0 Å². The third kappa shape index (κ3) is 4.80. The van der Waals surface area contributed by atoms with E-state index in [4.69, 9.17) is 4.74 Å². The number of fused-ring (bicyclic) bond motifs is 1. The summed E-state index contributed by atoms with van der Waals surface area (Å²) in [5.74, 6) is 1.80. The molecule has 0 aromatic heterocycles. The summed E-state index contributed by atoms with van der Waals surface area (Å²) in [5.41, 5.74) is 2.71. The van der Waals surface area contributed by atoms with Gasteiger partial charge in [0.2, 0.25) is 0 Å². The van der Waals surface area contributed by atoms with Crippen molar-refractivity contribution in [1.82, 2.24) is 10.6 Å². The molecule has 1 aliphatic heterocycles. The van der Waals surface area contributed by atoms with Gasteiger partial charge in [-0.3, -0.25) is 0 Å². The molecule has 0 bridgehead atoms. The lowest BCUT2D eigenvalue weighted by molar-refractivity contribution is 0.254. The molecule has 0 amide bonds. The molecular weight excluding hydrogens is 248 g/mol. The van der Waals surface area contributed by atoms with Gasteiger partial charge in [-0.2, -0.15) is 0 Å². The van der Waals surface area contributed by atoms with Gasteiger partial charge in [0, 0.05) is 13.0 Å². The minimum Gasteiger partial charge on any atom is -0.490 e. The molecule has 1 aliphatic rings. The smallest absolute Gasteiger partial charge is 0.123 e. The van der Waals surface area contributed by atoms with Crippen LogP contribution in [0.15, 0.2) is 18.2 Å². The van der Waals surface area contributed by atoms with Crippen LogP contribution in [0.2, 0.25) is 0 Å². The molecule has 2 rings (SSSR count). The fraction of sp³-hybridized carbons (Fsp3) is 0.647. The van der Waals surface area contributed by atoms with Gasteiger partial charge in [-0.05, 0) is 56.1 Å². The van der Waals surface area contributed by atoms with Gasteiger partial charge in [-0.1, -0.05) is 26.0 Å². The predicted molar refractivity (Wildman–Crippen MR) is 84.3 cm³/mol. The summed E-state index contributed by atoms with van der Waals surface area (Å²) >= 11 is 0. The summed E-state index contributed by atoms with van der Waals surface area (Å²) in [6, 6.07) is 6.56. The summed E-state index contributed by atoms with van der Waals surface area (Å²) in [6.45, 7) is 10.8. The fourth-order valence-corrected chi connectivity index (χ4v) is 2.55. The highest BCUT2D eigenvalue weighted by atomic mass is 16.5. The SMILES string of the molecule is CC(C)CNCCCNCc1ccc2c(c1)CC(C)O2. The topological polar surface area (TPSA) is 33.3 Å². The highest BCUT2D eigenvalue weighted by Crippen LogP contribution is 2.29. The van der Waals surface area contributed by atoms with Gasteiger partial charge in [0.25, 0.3) is 0 Å². The molecule has 1 unspecified atom stereocenters. The number of hydrogen-bond donors (Lipinski definition) is 2. The maximum absolute atomic E-state index is 5.72. The maximum Gasteiger partial charge on any atom is 0.123 e. The second-order valence-corrected chi connectivity index (χ2v) is 6.20. The number of benzene rings is 1. The third-order valence-corrected chi connectivity index (χ3v) is 3.55. The van der Waals surface area contributed by atoms with E-state index >= 15 is 0 Å². The van der Waals surface area contributed by atoms with Crippen molar-refractivity contribution in [2.45, 2.75) is 46.3 Å². The van der Waals surface area contributed by atoms with Crippen molar-refractivity contribution in [1.29, 1.82) is 0 Å². The van der Waals surface area contributed by atoms with Gasteiger partial charge in [-0.25, -0.2) is 0 Å². The minimum atomic E-state index is 0.334. The van der Waals surface area contributed by atoms with Crippen LogP contribution in [0.5, 0.6) is 5.75 Å². The van der Waals surface area contributed by atoms with Crippen molar-refractivity contribution in [3.63, 3.8) is 0 Å². The van der Waals surface area contributed by atoms with Crippen LogP contribution in [-0.4, -0.2) is 25.7 Å². The molecule has 0 spiro atoms. The zero-order valence-corrected chi connectivity index (χ0v) is 13.0. The zero-order chi connectivity index (χ0) is 14.4. The molecule has 0 radical (unpaired) electrons. The van der Waals surface area contributed by atoms with E-state index in [2.05, 4.69) is 49.6 Å².